The van der Waals surface area contributed by atoms with Gasteiger partial charge in [0.15, 0.2) is 5.16 Å². The third-order valence-corrected chi connectivity index (χ3v) is 3.74. The van der Waals surface area contributed by atoms with Crippen molar-refractivity contribution >= 4 is 11.8 Å². The fourth-order valence-corrected chi connectivity index (χ4v) is 2.41. The van der Waals surface area contributed by atoms with E-state index in [0.29, 0.717) is 6.54 Å². The fourth-order valence-electron chi connectivity index (χ4n) is 1.51. The molecule has 0 aliphatic rings. The average Bonchev–Trinajstić information content (AvgIpc) is 2.68. The number of rotatable bonds is 4. The lowest BCUT2D eigenvalue weighted by atomic mass is 10.1. The van der Waals surface area contributed by atoms with Crippen molar-refractivity contribution in [1.29, 1.82) is 0 Å². The van der Waals surface area contributed by atoms with E-state index in [0.717, 1.165) is 22.3 Å². The van der Waals surface area contributed by atoms with Gasteiger partial charge in [0.05, 0.1) is 0 Å². The predicted octanol–water partition coefficient (Wildman–Crippen LogP) is 1.87. The van der Waals surface area contributed by atoms with Gasteiger partial charge in [0, 0.05) is 19.3 Å². The van der Waals surface area contributed by atoms with Crippen molar-refractivity contribution in [3.8, 4) is 0 Å². The van der Waals surface area contributed by atoms with Crippen LogP contribution in [-0.4, -0.2) is 14.8 Å². The number of hydrogen-bond donors (Lipinski definition) is 1. The Hall–Kier alpha value is -1.33. The lowest BCUT2D eigenvalue weighted by Crippen LogP contribution is -1.97. The monoisotopic (exact) mass is 248 g/mol. The summed E-state index contributed by atoms with van der Waals surface area (Å²) in [4.78, 5) is 0. The Morgan fingerprint density at radius 1 is 1.29 bits per heavy atom. The molecular formula is C12H16N4S. The first-order valence-electron chi connectivity index (χ1n) is 5.47. The van der Waals surface area contributed by atoms with Crippen molar-refractivity contribution in [3.05, 3.63) is 41.2 Å². The standard InChI is InChI=1S/C12H16N4S/c1-9-14-15-12(16(9)2)17-8-11-5-3-4-10(6-11)7-13/h3-6H,7-8,13H2,1-2H3. The Morgan fingerprint density at radius 3 is 2.71 bits per heavy atom. The molecular weight excluding hydrogens is 232 g/mol. The Balaban J connectivity index is 2.04. The maximum absolute atomic E-state index is 5.62. The van der Waals surface area contributed by atoms with Gasteiger partial charge in [-0.3, -0.25) is 0 Å². The molecule has 2 N–H and O–H groups in total. The molecule has 1 aromatic carbocycles. The summed E-state index contributed by atoms with van der Waals surface area (Å²) in [5, 5.41) is 9.10. The van der Waals surface area contributed by atoms with E-state index in [1.165, 1.54) is 5.56 Å². The highest BCUT2D eigenvalue weighted by Gasteiger charge is 2.05. The van der Waals surface area contributed by atoms with E-state index < -0.39 is 0 Å². The van der Waals surface area contributed by atoms with Crippen LogP contribution in [0.25, 0.3) is 0 Å². The first-order chi connectivity index (χ1) is 8.20. The minimum atomic E-state index is 0.585. The van der Waals surface area contributed by atoms with Crippen LogP contribution in [0, 0.1) is 6.92 Å². The SMILES string of the molecule is Cc1nnc(SCc2cccc(CN)c2)n1C. The first-order valence-corrected chi connectivity index (χ1v) is 6.46. The quantitative estimate of drug-likeness (QED) is 0.839. The number of aromatic nitrogens is 3. The smallest absolute Gasteiger partial charge is 0.191 e. The summed E-state index contributed by atoms with van der Waals surface area (Å²) in [6, 6.07) is 8.33. The third-order valence-electron chi connectivity index (χ3n) is 2.65. The highest BCUT2D eigenvalue weighted by atomic mass is 32.2. The summed E-state index contributed by atoms with van der Waals surface area (Å²) in [5.74, 6) is 1.82. The minimum absolute atomic E-state index is 0.585. The Labute approximate surface area is 105 Å². The van der Waals surface area contributed by atoms with Gasteiger partial charge >= 0.3 is 0 Å². The molecule has 17 heavy (non-hydrogen) atoms. The normalized spacial score (nSPS) is 10.8. The molecule has 0 radical (unpaired) electrons. The van der Waals surface area contributed by atoms with Crippen molar-refractivity contribution < 1.29 is 0 Å². The van der Waals surface area contributed by atoms with Gasteiger partial charge in [-0.2, -0.15) is 0 Å². The van der Waals surface area contributed by atoms with E-state index in [1.54, 1.807) is 11.8 Å². The summed E-state index contributed by atoms with van der Waals surface area (Å²) < 4.78 is 2.00. The lowest BCUT2D eigenvalue weighted by Gasteiger charge is -2.03. The molecule has 2 rings (SSSR count). The maximum Gasteiger partial charge on any atom is 0.191 e. The molecule has 0 amide bonds. The number of aryl methyl sites for hydroxylation is 1. The van der Waals surface area contributed by atoms with Crippen molar-refractivity contribution in [2.45, 2.75) is 24.4 Å². The van der Waals surface area contributed by atoms with Crippen LogP contribution in [-0.2, 0) is 19.3 Å². The summed E-state index contributed by atoms with van der Waals surface area (Å²) in [5.41, 5.74) is 8.05. The van der Waals surface area contributed by atoms with Crippen LogP contribution in [0.2, 0.25) is 0 Å². The highest BCUT2D eigenvalue weighted by molar-refractivity contribution is 7.98. The number of nitrogens with zero attached hydrogens (tertiary/aromatic N) is 3. The number of hydrogen-bond acceptors (Lipinski definition) is 4. The van der Waals surface area contributed by atoms with E-state index in [1.807, 2.05) is 30.7 Å². The summed E-state index contributed by atoms with van der Waals surface area (Å²) in [6.45, 7) is 2.54. The molecule has 4 nitrogen and oxygen atoms in total. The fraction of sp³-hybridized carbons (Fsp3) is 0.333. The van der Waals surface area contributed by atoms with Crippen LogP contribution in [0.3, 0.4) is 0 Å². The molecule has 1 heterocycles. The zero-order valence-electron chi connectivity index (χ0n) is 10.1. The molecule has 0 unspecified atom stereocenters. The predicted molar refractivity (Wildman–Crippen MR) is 69.6 cm³/mol. The second-order valence-electron chi connectivity index (χ2n) is 3.90. The lowest BCUT2D eigenvalue weighted by molar-refractivity contribution is 0.765. The molecule has 90 valence electrons. The Kier molecular flexibility index (Phi) is 3.81. The van der Waals surface area contributed by atoms with Gasteiger partial charge in [0.1, 0.15) is 5.82 Å². The van der Waals surface area contributed by atoms with Crippen molar-refractivity contribution in [3.63, 3.8) is 0 Å². The van der Waals surface area contributed by atoms with Crippen LogP contribution in [0.15, 0.2) is 29.4 Å². The van der Waals surface area contributed by atoms with Gasteiger partial charge in [0.2, 0.25) is 0 Å². The average molecular weight is 248 g/mol. The Bertz CT molecular complexity index is 507. The highest BCUT2D eigenvalue weighted by Crippen LogP contribution is 2.21. The van der Waals surface area contributed by atoms with E-state index in [4.69, 9.17) is 5.73 Å². The van der Waals surface area contributed by atoms with Crippen molar-refractivity contribution in [2.75, 3.05) is 0 Å². The van der Waals surface area contributed by atoms with Crippen LogP contribution in [0.1, 0.15) is 17.0 Å². The molecule has 0 saturated carbocycles. The summed E-state index contributed by atoms with van der Waals surface area (Å²) >= 11 is 1.69. The molecule has 0 bridgehead atoms. The minimum Gasteiger partial charge on any atom is -0.326 e. The van der Waals surface area contributed by atoms with E-state index >= 15 is 0 Å². The summed E-state index contributed by atoms with van der Waals surface area (Å²) in [7, 11) is 1.98. The largest absolute Gasteiger partial charge is 0.326 e. The van der Waals surface area contributed by atoms with Crippen LogP contribution < -0.4 is 5.73 Å². The Morgan fingerprint density at radius 2 is 2.06 bits per heavy atom. The van der Waals surface area contributed by atoms with E-state index in [2.05, 4.69) is 22.3 Å². The first kappa shape index (κ1) is 12.1. The molecule has 0 atom stereocenters. The number of benzene rings is 1. The molecule has 0 saturated heterocycles. The molecule has 0 aliphatic heterocycles. The van der Waals surface area contributed by atoms with Gasteiger partial charge in [-0.05, 0) is 18.1 Å². The van der Waals surface area contributed by atoms with Gasteiger partial charge in [-0.15, -0.1) is 10.2 Å². The van der Waals surface area contributed by atoms with E-state index in [9.17, 15) is 0 Å². The summed E-state index contributed by atoms with van der Waals surface area (Å²) in [6.07, 6.45) is 0. The number of thioether (sulfide) groups is 1. The number of nitrogens with two attached hydrogens (primary N) is 1. The van der Waals surface area contributed by atoms with E-state index in [-0.39, 0.29) is 0 Å². The molecule has 1 aromatic heterocycles. The van der Waals surface area contributed by atoms with Crippen LogP contribution >= 0.6 is 11.8 Å². The van der Waals surface area contributed by atoms with Crippen LogP contribution in [0.5, 0.6) is 0 Å². The van der Waals surface area contributed by atoms with Crippen molar-refractivity contribution in [1.82, 2.24) is 14.8 Å². The zero-order valence-corrected chi connectivity index (χ0v) is 10.9. The maximum atomic E-state index is 5.62. The van der Waals surface area contributed by atoms with Gasteiger partial charge < -0.3 is 10.3 Å². The molecule has 0 spiro atoms. The van der Waals surface area contributed by atoms with Crippen LogP contribution in [0.4, 0.5) is 0 Å². The molecule has 0 aliphatic carbocycles. The molecule has 0 fully saturated rings. The second kappa shape index (κ2) is 5.33. The topological polar surface area (TPSA) is 56.7 Å². The van der Waals surface area contributed by atoms with Gasteiger partial charge in [-0.25, -0.2) is 0 Å². The third kappa shape index (κ3) is 2.87. The van der Waals surface area contributed by atoms with Gasteiger partial charge in [0.25, 0.3) is 0 Å². The van der Waals surface area contributed by atoms with Gasteiger partial charge in [-0.1, -0.05) is 36.0 Å². The zero-order chi connectivity index (χ0) is 12.3. The molecule has 2 aromatic rings. The molecule has 5 heteroatoms. The van der Waals surface area contributed by atoms with Crippen molar-refractivity contribution in [2.24, 2.45) is 12.8 Å². The second-order valence-corrected chi connectivity index (χ2v) is 4.84.